The average molecular weight is 213 g/mol. The van der Waals surface area contributed by atoms with Crippen LogP contribution < -0.4 is 0 Å². The van der Waals surface area contributed by atoms with Gasteiger partial charge >= 0.3 is 0 Å². The third-order valence-electron chi connectivity index (χ3n) is 3.35. The van der Waals surface area contributed by atoms with Crippen LogP contribution in [-0.4, -0.2) is 14.5 Å². The molecule has 1 saturated carbocycles. The van der Waals surface area contributed by atoms with Gasteiger partial charge in [0.2, 0.25) is 0 Å². The third kappa shape index (κ3) is 1.35. The number of nitrogens with zero attached hydrogens (tertiary/aromatic N) is 3. The second-order valence-electron chi connectivity index (χ2n) is 4.33. The summed E-state index contributed by atoms with van der Waals surface area (Å²) in [5.41, 5.74) is 1.98. The van der Waals surface area contributed by atoms with E-state index in [2.05, 4.69) is 21.1 Å². The molecule has 0 spiro atoms. The minimum Gasteiger partial charge on any atom is -0.306 e. The van der Waals surface area contributed by atoms with E-state index in [1.807, 2.05) is 24.4 Å². The van der Waals surface area contributed by atoms with Crippen LogP contribution in [0.5, 0.6) is 0 Å². The van der Waals surface area contributed by atoms with E-state index >= 15 is 0 Å². The van der Waals surface area contributed by atoms with Crippen LogP contribution in [0.4, 0.5) is 0 Å². The summed E-state index contributed by atoms with van der Waals surface area (Å²) < 4.78 is 2.26. The fourth-order valence-corrected chi connectivity index (χ4v) is 2.61. The first-order valence-corrected chi connectivity index (χ1v) is 5.85. The van der Waals surface area contributed by atoms with Crippen molar-refractivity contribution in [1.82, 2.24) is 14.5 Å². The fourth-order valence-electron chi connectivity index (χ4n) is 2.61. The molecule has 16 heavy (non-hydrogen) atoms. The first-order chi connectivity index (χ1) is 7.90. The van der Waals surface area contributed by atoms with Crippen LogP contribution in [-0.2, 0) is 0 Å². The van der Waals surface area contributed by atoms with Crippen molar-refractivity contribution < 1.29 is 0 Å². The number of hydrogen-bond donors (Lipinski definition) is 0. The molecule has 0 atom stereocenters. The molecule has 3 nitrogen and oxygen atoms in total. The van der Waals surface area contributed by atoms with Crippen molar-refractivity contribution in [3.8, 4) is 0 Å². The topological polar surface area (TPSA) is 30.7 Å². The largest absolute Gasteiger partial charge is 0.306 e. The van der Waals surface area contributed by atoms with Crippen molar-refractivity contribution in [2.75, 3.05) is 0 Å². The molecule has 0 radical (unpaired) electrons. The summed E-state index contributed by atoms with van der Waals surface area (Å²) in [5, 5.41) is 0. The molecular formula is C13H15N3. The molecular weight excluding hydrogens is 198 g/mol. The minimum absolute atomic E-state index is 0.563. The zero-order chi connectivity index (χ0) is 11.0. The molecule has 0 bridgehead atoms. The van der Waals surface area contributed by atoms with Gasteiger partial charge in [-0.15, -0.1) is 0 Å². The van der Waals surface area contributed by atoms with Crippen molar-refractivity contribution >= 4 is 17.2 Å². The second-order valence-corrected chi connectivity index (χ2v) is 4.33. The van der Waals surface area contributed by atoms with Crippen molar-refractivity contribution in [3.63, 3.8) is 0 Å². The number of rotatable bonds is 2. The summed E-state index contributed by atoms with van der Waals surface area (Å²) in [6.07, 6.45) is 8.77. The van der Waals surface area contributed by atoms with Crippen LogP contribution >= 0.6 is 0 Å². The first-order valence-electron chi connectivity index (χ1n) is 5.85. The molecule has 0 aromatic carbocycles. The number of fused-ring (bicyclic) bond motifs is 1. The van der Waals surface area contributed by atoms with Gasteiger partial charge in [-0.2, -0.15) is 0 Å². The van der Waals surface area contributed by atoms with E-state index in [1.54, 1.807) is 0 Å². The summed E-state index contributed by atoms with van der Waals surface area (Å²) >= 11 is 0. The van der Waals surface area contributed by atoms with E-state index in [-0.39, 0.29) is 0 Å². The Morgan fingerprint density at radius 2 is 2.19 bits per heavy atom. The van der Waals surface area contributed by atoms with E-state index in [1.165, 1.54) is 25.7 Å². The van der Waals surface area contributed by atoms with E-state index in [9.17, 15) is 0 Å². The lowest BCUT2D eigenvalue weighted by atomic mass is 10.2. The van der Waals surface area contributed by atoms with Gasteiger partial charge in [-0.1, -0.05) is 19.4 Å². The molecule has 0 unspecified atom stereocenters. The Hall–Kier alpha value is -1.64. The number of imidazole rings is 1. The highest BCUT2D eigenvalue weighted by molar-refractivity contribution is 5.73. The summed E-state index contributed by atoms with van der Waals surface area (Å²) in [7, 11) is 0. The molecule has 0 amide bonds. The van der Waals surface area contributed by atoms with E-state index < -0.39 is 0 Å². The molecule has 2 heterocycles. The molecule has 0 aliphatic heterocycles. The quantitative estimate of drug-likeness (QED) is 0.767. The fraction of sp³-hybridized carbons (Fsp3) is 0.385. The van der Waals surface area contributed by atoms with Gasteiger partial charge in [0.1, 0.15) is 11.3 Å². The molecule has 1 fully saturated rings. The molecule has 3 rings (SSSR count). The summed E-state index contributed by atoms with van der Waals surface area (Å²) in [4.78, 5) is 9.01. The normalized spacial score (nSPS) is 17.0. The molecule has 1 aliphatic rings. The van der Waals surface area contributed by atoms with Gasteiger partial charge in [0.05, 0.1) is 0 Å². The third-order valence-corrected chi connectivity index (χ3v) is 3.35. The van der Waals surface area contributed by atoms with Crippen molar-refractivity contribution in [2.24, 2.45) is 0 Å². The highest BCUT2D eigenvalue weighted by atomic mass is 15.1. The van der Waals surface area contributed by atoms with E-state index in [0.717, 1.165) is 17.0 Å². The van der Waals surface area contributed by atoms with Gasteiger partial charge in [0.25, 0.3) is 0 Å². The van der Waals surface area contributed by atoms with Gasteiger partial charge in [-0.25, -0.2) is 9.97 Å². The van der Waals surface area contributed by atoms with Gasteiger partial charge < -0.3 is 4.57 Å². The highest BCUT2D eigenvalue weighted by Gasteiger charge is 2.21. The Morgan fingerprint density at radius 3 is 2.94 bits per heavy atom. The van der Waals surface area contributed by atoms with Crippen LogP contribution in [0.1, 0.15) is 37.5 Å². The van der Waals surface area contributed by atoms with E-state index in [4.69, 9.17) is 0 Å². The Balaban J connectivity index is 2.22. The summed E-state index contributed by atoms with van der Waals surface area (Å²) in [5.74, 6) is 0.959. The maximum atomic E-state index is 4.56. The van der Waals surface area contributed by atoms with Crippen LogP contribution in [0, 0.1) is 0 Å². The van der Waals surface area contributed by atoms with Crippen LogP contribution in [0.3, 0.4) is 0 Å². The molecule has 2 aromatic rings. The highest BCUT2D eigenvalue weighted by Crippen LogP contribution is 2.33. The van der Waals surface area contributed by atoms with Crippen molar-refractivity contribution in [2.45, 2.75) is 31.7 Å². The number of aromatic nitrogens is 3. The predicted octanol–water partition coefficient (Wildman–Crippen LogP) is 3.19. The van der Waals surface area contributed by atoms with Crippen LogP contribution in [0.2, 0.25) is 0 Å². The minimum atomic E-state index is 0.563. The molecule has 82 valence electrons. The standard InChI is InChI=1S/C13H15N3/c1-2-12-15-11-8-5-9-14-13(11)16(12)10-6-3-4-7-10/h2,5,8-10H,1,3-4,6-7H2. The zero-order valence-corrected chi connectivity index (χ0v) is 9.26. The Kier molecular flexibility index (Phi) is 2.24. The molecule has 0 saturated heterocycles. The summed E-state index contributed by atoms with van der Waals surface area (Å²) in [6, 6.07) is 4.51. The monoisotopic (exact) mass is 213 g/mol. The summed E-state index contributed by atoms with van der Waals surface area (Å²) in [6.45, 7) is 3.85. The lowest BCUT2D eigenvalue weighted by Gasteiger charge is -2.13. The van der Waals surface area contributed by atoms with Gasteiger partial charge in [-0.05, 0) is 31.1 Å². The second kappa shape index (κ2) is 3.74. The zero-order valence-electron chi connectivity index (χ0n) is 9.26. The van der Waals surface area contributed by atoms with Gasteiger partial charge in [0.15, 0.2) is 5.65 Å². The Bertz CT molecular complexity index is 521. The lowest BCUT2D eigenvalue weighted by Crippen LogP contribution is -2.07. The number of hydrogen-bond acceptors (Lipinski definition) is 2. The van der Waals surface area contributed by atoms with Crippen molar-refractivity contribution in [3.05, 3.63) is 30.7 Å². The Morgan fingerprint density at radius 1 is 1.38 bits per heavy atom. The van der Waals surface area contributed by atoms with Gasteiger partial charge in [-0.3, -0.25) is 0 Å². The lowest BCUT2D eigenvalue weighted by molar-refractivity contribution is 0.525. The number of pyridine rings is 1. The van der Waals surface area contributed by atoms with E-state index in [0.29, 0.717) is 6.04 Å². The van der Waals surface area contributed by atoms with Crippen LogP contribution in [0.15, 0.2) is 24.9 Å². The molecule has 1 aliphatic carbocycles. The first kappa shape index (κ1) is 9.58. The average Bonchev–Trinajstić information content (AvgIpc) is 2.94. The molecule has 3 heteroatoms. The molecule has 0 N–H and O–H groups in total. The van der Waals surface area contributed by atoms with Crippen LogP contribution in [0.25, 0.3) is 17.2 Å². The SMILES string of the molecule is C=Cc1nc2cccnc2n1C1CCCC1. The Labute approximate surface area is 94.8 Å². The molecule has 2 aromatic heterocycles. The van der Waals surface area contributed by atoms with Gasteiger partial charge in [0, 0.05) is 12.2 Å². The maximum Gasteiger partial charge on any atom is 0.160 e. The predicted molar refractivity (Wildman–Crippen MR) is 65.1 cm³/mol. The maximum absolute atomic E-state index is 4.56. The van der Waals surface area contributed by atoms with Crippen molar-refractivity contribution in [1.29, 1.82) is 0 Å². The smallest absolute Gasteiger partial charge is 0.160 e.